The van der Waals surface area contributed by atoms with Gasteiger partial charge >= 0.3 is 6.03 Å². The molecule has 0 radical (unpaired) electrons. The number of hydrogen-bond acceptors (Lipinski definition) is 7. The number of nitrogens with zero attached hydrogens (tertiary/aromatic N) is 3. The first-order valence-corrected chi connectivity index (χ1v) is 15.8. The van der Waals surface area contributed by atoms with Crippen molar-refractivity contribution in [3.63, 3.8) is 0 Å². The molecule has 5 heterocycles. The van der Waals surface area contributed by atoms with E-state index in [0.29, 0.717) is 18.8 Å². The van der Waals surface area contributed by atoms with Crippen LogP contribution in [0.1, 0.15) is 42.9 Å². The predicted molar refractivity (Wildman–Crippen MR) is 164 cm³/mol. The molecule has 0 saturated carbocycles. The molecule has 43 heavy (non-hydrogen) atoms. The number of aryl methyl sites for hydroxylation is 1. The SMILES string of the molecule is Cc1cc(Oc2ccccc2)ccc1N1C(=O)NC2c3c1ccnc3SC2C(=O)N[C@@H]1CCCN(C(=O)[C@H]2CCCN2)C1. The number of amides is 4. The number of carbonyl (C=O) groups excluding carboxylic acids is 3. The number of hydrogen-bond donors (Lipinski definition) is 3. The Morgan fingerprint density at radius 3 is 2.70 bits per heavy atom. The van der Waals surface area contributed by atoms with Crippen molar-refractivity contribution in [3.05, 3.63) is 71.9 Å². The summed E-state index contributed by atoms with van der Waals surface area (Å²) in [5, 5.41) is 9.76. The van der Waals surface area contributed by atoms with E-state index in [1.54, 1.807) is 11.1 Å². The highest BCUT2D eigenvalue weighted by molar-refractivity contribution is 8.01. The van der Waals surface area contributed by atoms with E-state index in [1.807, 2.05) is 66.4 Å². The average molecular weight is 599 g/mol. The zero-order valence-corrected chi connectivity index (χ0v) is 24.7. The standard InChI is InChI=1S/C32H34N6O4S/c1-19-17-22(42-21-8-3-2-4-9-21)11-12-24(19)38-25-13-15-34-30-26(25)27(36-32(38)41)28(43-30)29(39)35-20-7-6-16-37(18-20)31(40)23-10-5-14-33-23/h2-4,8-9,11-13,15,17,20,23,27-28,33H,5-7,10,14,16,18H2,1H3,(H,35,39)(H,36,41)/t20-,23-,27?,28?/m1/s1. The first-order valence-electron chi connectivity index (χ1n) is 14.9. The Kier molecular flexibility index (Phi) is 7.44. The summed E-state index contributed by atoms with van der Waals surface area (Å²) in [4.78, 5) is 48.4. The van der Waals surface area contributed by atoms with Crippen molar-refractivity contribution in [2.24, 2.45) is 0 Å². The fraction of sp³-hybridized carbons (Fsp3) is 0.375. The Balaban J connectivity index is 1.08. The number of likely N-dealkylation sites (tertiary alicyclic amines) is 1. The number of thioether (sulfide) groups is 1. The van der Waals surface area contributed by atoms with Gasteiger partial charge in [0, 0.05) is 30.9 Å². The third-order valence-corrected chi connectivity index (χ3v) is 9.88. The largest absolute Gasteiger partial charge is 0.457 e. The summed E-state index contributed by atoms with van der Waals surface area (Å²) in [6, 6.07) is 16.0. The van der Waals surface area contributed by atoms with Gasteiger partial charge in [-0.1, -0.05) is 30.0 Å². The van der Waals surface area contributed by atoms with Crippen LogP contribution in [0, 0.1) is 6.92 Å². The normalized spacial score (nSPS) is 24.3. The van der Waals surface area contributed by atoms with Gasteiger partial charge in [-0.15, -0.1) is 0 Å². The van der Waals surface area contributed by atoms with Gasteiger partial charge in [-0.25, -0.2) is 9.78 Å². The second-order valence-corrected chi connectivity index (χ2v) is 12.6. The predicted octanol–water partition coefficient (Wildman–Crippen LogP) is 4.42. The highest BCUT2D eigenvalue weighted by Crippen LogP contribution is 2.51. The van der Waals surface area contributed by atoms with Crippen molar-refractivity contribution in [1.29, 1.82) is 0 Å². The Labute approximate surface area is 254 Å². The second kappa shape index (κ2) is 11.5. The van der Waals surface area contributed by atoms with E-state index in [1.165, 1.54) is 11.8 Å². The zero-order valence-electron chi connectivity index (χ0n) is 23.9. The minimum atomic E-state index is -0.555. The quantitative estimate of drug-likeness (QED) is 0.385. The van der Waals surface area contributed by atoms with E-state index < -0.39 is 11.3 Å². The number of carbonyl (C=O) groups is 3. The lowest BCUT2D eigenvalue weighted by molar-refractivity contribution is -0.135. The van der Waals surface area contributed by atoms with Gasteiger partial charge < -0.3 is 25.6 Å². The fourth-order valence-electron chi connectivity index (χ4n) is 6.53. The summed E-state index contributed by atoms with van der Waals surface area (Å²) >= 11 is 1.38. The first kappa shape index (κ1) is 27.7. The Hall–Kier alpha value is -4.09. The van der Waals surface area contributed by atoms with Crippen LogP contribution in [0.2, 0.25) is 0 Å². The van der Waals surface area contributed by atoms with Crippen LogP contribution in [-0.4, -0.2) is 64.7 Å². The molecule has 7 rings (SSSR count). The molecule has 222 valence electrons. The van der Waals surface area contributed by atoms with Crippen LogP contribution in [0.15, 0.2) is 65.8 Å². The van der Waals surface area contributed by atoms with Crippen LogP contribution < -0.4 is 25.6 Å². The average Bonchev–Trinajstić information content (AvgIpc) is 3.68. The van der Waals surface area contributed by atoms with E-state index in [0.717, 1.165) is 65.5 Å². The highest BCUT2D eigenvalue weighted by Gasteiger charge is 2.47. The lowest BCUT2D eigenvalue weighted by Gasteiger charge is -2.36. The number of benzene rings is 2. The van der Waals surface area contributed by atoms with Crippen molar-refractivity contribution in [3.8, 4) is 11.5 Å². The van der Waals surface area contributed by atoms with Gasteiger partial charge in [0.05, 0.1) is 23.5 Å². The molecule has 4 aliphatic rings. The minimum absolute atomic E-state index is 0.115. The number of rotatable bonds is 6. The number of nitrogens with one attached hydrogen (secondary N) is 3. The van der Waals surface area contributed by atoms with Crippen molar-refractivity contribution in [2.75, 3.05) is 24.5 Å². The molecule has 4 aliphatic heterocycles. The Bertz CT molecular complexity index is 1560. The zero-order chi connectivity index (χ0) is 29.5. The maximum absolute atomic E-state index is 13.7. The molecule has 11 heteroatoms. The monoisotopic (exact) mass is 598 g/mol. The lowest BCUT2D eigenvalue weighted by atomic mass is 9.98. The van der Waals surface area contributed by atoms with Gasteiger partial charge in [-0.2, -0.15) is 0 Å². The van der Waals surface area contributed by atoms with Crippen molar-refractivity contribution >= 4 is 41.0 Å². The van der Waals surface area contributed by atoms with E-state index >= 15 is 0 Å². The molecule has 2 fully saturated rings. The van der Waals surface area contributed by atoms with Gasteiger partial charge in [0.1, 0.15) is 21.8 Å². The Morgan fingerprint density at radius 1 is 1.05 bits per heavy atom. The van der Waals surface area contributed by atoms with Crippen LogP contribution in [-0.2, 0) is 9.59 Å². The maximum Gasteiger partial charge on any atom is 0.327 e. The van der Waals surface area contributed by atoms with E-state index in [-0.39, 0.29) is 29.9 Å². The molecule has 0 aliphatic carbocycles. The number of pyridine rings is 1. The van der Waals surface area contributed by atoms with Crippen LogP contribution in [0.4, 0.5) is 16.2 Å². The van der Waals surface area contributed by atoms with Crippen molar-refractivity contribution in [1.82, 2.24) is 25.8 Å². The lowest BCUT2D eigenvalue weighted by Crippen LogP contribution is -2.55. The molecule has 10 nitrogen and oxygen atoms in total. The molecular weight excluding hydrogens is 564 g/mol. The summed E-state index contributed by atoms with van der Waals surface area (Å²) in [6.45, 7) is 4.04. The number of piperidine rings is 1. The second-order valence-electron chi connectivity index (χ2n) is 11.5. The fourth-order valence-corrected chi connectivity index (χ4v) is 7.76. The molecule has 4 amide bonds. The highest BCUT2D eigenvalue weighted by atomic mass is 32.2. The van der Waals surface area contributed by atoms with Crippen molar-refractivity contribution in [2.45, 2.75) is 61.0 Å². The smallest absolute Gasteiger partial charge is 0.327 e. The number of para-hydroxylation sites is 1. The van der Waals surface area contributed by atoms with Crippen LogP contribution >= 0.6 is 11.8 Å². The molecule has 3 N–H and O–H groups in total. The minimum Gasteiger partial charge on any atom is -0.457 e. The molecule has 2 saturated heterocycles. The van der Waals surface area contributed by atoms with Crippen LogP contribution in [0.3, 0.4) is 0 Å². The molecule has 1 aromatic heterocycles. The third-order valence-electron chi connectivity index (χ3n) is 8.59. The Morgan fingerprint density at radius 2 is 1.91 bits per heavy atom. The van der Waals surface area contributed by atoms with Crippen LogP contribution in [0.5, 0.6) is 11.5 Å². The summed E-state index contributed by atoms with van der Waals surface area (Å²) < 4.78 is 5.99. The number of aromatic nitrogens is 1. The van der Waals surface area contributed by atoms with E-state index in [4.69, 9.17) is 4.74 Å². The molecule has 0 bridgehead atoms. The van der Waals surface area contributed by atoms with Gasteiger partial charge in [0.2, 0.25) is 11.8 Å². The maximum atomic E-state index is 13.7. The molecule has 2 unspecified atom stereocenters. The van der Waals surface area contributed by atoms with Gasteiger partial charge in [-0.05, 0) is 81.1 Å². The summed E-state index contributed by atoms with van der Waals surface area (Å²) in [7, 11) is 0. The van der Waals surface area contributed by atoms with Crippen molar-refractivity contribution < 1.29 is 19.1 Å². The molecule has 2 aromatic carbocycles. The summed E-state index contributed by atoms with van der Waals surface area (Å²) in [5.41, 5.74) is 3.17. The van der Waals surface area contributed by atoms with Gasteiger partial charge in [0.25, 0.3) is 0 Å². The number of anilines is 2. The number of urea groups is 1. The van der Waals surface area contributed by atoms with Crippen LogP contribution in [0.25, 0.3) is 0 Å². The van der Waals surface area contributed by atoms with E-state index in [9.17, 15) is 14.4 Å². The number of ether oxygens (including phenoxy) is 1. The molecular formula is C32H34N6O4S. The summed E-state index contributed by atoms with van der Waals surface area (Å²) in [6.07, 6.45) is 5.22. The van der Waals surface area contributed by atoms with Gasteiger partial charge in [0.15, 0.2) is 0 Å². The molecule has 3 aromatic rings. The molecule has 0 spiro atoms. The first-order chi connectivity index (χ1) is 21.0. The topological polar surface area (TPSA) is 116 Å². The van der Waals surface area contributed by atoms with E-state index in [2.05, 4.69) is 20.9 Å². The van der Waals surface area contributed by atoms with Gasteiger partial charge in [-0.3, -0.25) is 14.5 Å². The molecule has 4 atom stereocenters. The third kappa shape index (κ3) is 5.31. The summed E-state index contributed by atoms with van der Waals surface area (Å²) in [5.74, 6) is 1.39.